The van der Waals surface area contributed by atoms with Crippen molar-refractivity contribution in [1.82, 2.24) is 5.32 Å². The number of nitrogens with one attached hydrogen (secondary N) is 1. The first kappa shape index (κ1) is 8.48. The van der Waals surface area contributed by atoms with Crippen LogP contribution in [-0.4, -0.2) is 24.3 Å². The Morgan fingerprint density at radius 2 is 2.44 bits per heavy atom. The second-order valence-corrected chi connectivity index (χ2v) is 2.00. The van der Waals surface area contributed by atoms with Crippen LogP contribution in [0, 0.1) is 12.3 Å². The molecule has 0 saturated heterocycles. The lowest BCUT2D eigenvalue weighted by Gasteiger charge is -2.07. The van der Waals surface area contributed by atoms with Crippen LogP contribution in [0.5, 0.6) is 0 Å². The van der Waals surface area contributed by atoms with Crippen molar-refractivity contribution in [2.24, 2.45) is 0 Å². The van der Waals surface area contributed by atoms with Crippen molar-refractivity contribution in [2.75, 3.05) is 13.2 Å². The molecule has 0 aliphatic heterocycles. The lowest BCUT2D eigenvalue weighted by atomic mass is 10.2. The molecule has 2 nitrogen and oxygen atoms in total. The minimum Gasteiger partial charge on any atom is -0.396 e. The monoisotopic (exact) mass is 127 g/mol. The van der Waals surface area contributed by atoms with E-state index in [1.165, 1.54) is 0 Å². The first-order chi connectivity index (χ1) is 4.31. The Balaban J connectivity index is 3.07. The Morgan fingerprint density at radius 3 is 2.89 bits per heavy atom. The minimum atomic E-state index is 0.221. The van der Waals surface area contributed by atoms with Crippen LogP contribution in [0.1, 0.15) is 13.3 Å². The van der Waals surface area contributed by atoms with E-state index in [2.05, 4.69) is 11.2 Å². The summed E-state index contributed by atoms with van der Waals surface area (Å²) in [6.07, 6.45) is 5.76. The molecule has 0 aliphatic carbocycles. The maximum absolute atomic E-state index is 8.44. The van der Waals surface area contributed by atoms with Crippen LogP contribution in [0.15, 0.2) is 0 Å². The number of aliphatic hydroxyl groups excluding tert-OH is 1. The molecule has 0 rings (SSSR count). The number of hydrogen-bond donors (Lipinski definition) is 2. The van der Waals surface area contributed by atoms with Gasteiger partial charge in [-0.25, -0.2) is 0 Å². The van der Waals surface area contributed by atoms with Gasteiger partial charge in [-0.05, 0) is 13.3 Å². The van der Waals surface area contributed by atoms with Crippen molar-refractivity contribution < 1.29 is 5.11 Å². The zero-order chi connectivity index (χ0) is 7.11. The van der Waals surface area contributed by atoms with E-state index in [0.29, 0.717) is 12.6 Å². The molecule has 2 N–H and O–H groups in total. The summed E-state index contributed by atoms with van der Waals surface area (Å²) in [5.74, 6) is 2.46. The summed E-state index contributed by atoms with van der Waals surface area (Å²) in [7, 11) is 0. The van der Waals surface area contributed by atoms with E-state index in [4.69, 9.17) is 11.5 Å². The van der Waals surface area contributed by atoms with Crippen molar-refractivity contribution in [3.8, 4) is 12.3 Å². The molecule has 0 radical (unpaired) electrons. The summed E-state index contributed by atoms with van der Waals surface area (Å²) in [5, 5.41) is 11.5. The Bertz CT molecular complexity index is 95.6. The topological polar surface area (TPSA) is 32.3 Å². The highest BCUT2D eigenvalue weighted by atomic mass is 16.3. The van der Waals surface area contributed by atoms with E-state index < -0.39 is 0 Å². The smallest absolute Gasteiger partial charge is 0.0575 e. The van der Waals surface area contributed by atoms with Gasteiger partial charge in [0.2, 0.25) is 0 Å². The maximum atomic E-state index is 8.44. The van der Waals surface area contributed by atoms with E-state index in [-0.39, 0.29) is 6.61 Å². The third-order valence-electron chi connectivity index (χ3n) is 1.11. The van der Waals surface area contributed by atoms with E-state index in [1.54, 1.807) is 0 Å². The van der Waals surface area contributed by atoms with Crippen molar-refractivity contribution in [3.63, 3.8) is 0 Å². The summed E-state index contributed by atoms with van der Waals surface area (Å²) in [5.41, 5.74) is 0. The molecule has 0 heterocycles. The van der Waals surface area contributed by atoms with E-state index in [1.807, 2.05) is 6.92 Å². The summed E-state index contributed by atoms with van der Waals surface area (Å²) in [6.45, 7) is 2.80. The molecule has 9 heavy (non-hydrogen) atoms. The SMILES string of the molecule is C#CCNC(C)CCO. The summed E-state index contributed by atoms with van der Waals surface area (Å²) in [6, 6.07) is 0.325. The number of hydrogen-bond acceptors (Lipinski definition) is 2. The lowest BCUT2D eigenvalue weighted by molar-refractivity contribution is 0.271. The highest BCUT2D eigenvalue weighted by Crippen LogP contribution is 1.85. The second kappa shape index (κ2) is 5.61. The van der Waals surface area contributed by atoms with Gasteiger partial charge in [0.25, 0.3) is 0 Å². The van der Waals surface area contributed by atoms with E-state index >= 15 is 0 Å². The maximum Gasteiger partial charge on any atom is 0.0575 e. The van der Waals surface area contributed by atoms with Crippen LogP contribution in [0.25, 0.3) is 0 Å². The van der Waals surface area contributed by atoms with Crippen molar-refractivity contribution in [3.05, 3.63) is 0 Å². The Hall–Kier alpha value is -0.520. The highest BCUT2D eigenvalue weighted by Gasteiger charge is 1.95. The van der Waals surface area contributed by atoms with Gasteiger partial charge in [-0.1, -0.05) is 5.92 Å². The second-order valence-electron chi connectivity index (χ2n) is 2.00. The van der Waals surface area contributed by atoms with Gasteiger partial charge in [0, 0.05) is 12.6 Å². The molecule has 0 saturated carbocycles. The van der Waals surface area contributed by atoms with Crippen LogP contribution >= 0.6 is 0 Å². The first-order valence-corrected chi connectivity index (χ1v) is 3.09. The molecule has 0 aromatic carbocycles. The quantitative estimate of drug-likeness (QED) is 0.520. The zero-order valence-electron chi connectivity index (χ0n) is 5.72. The molecule has 0 aromatic heterocycles. The summed E-state index contributed by atoms with van der Waals surface area (Å²) >= 11 is 0. The Morgan fingerprint density at radius 1 is 1.78 bits per heavy atom. The van der Waals surface area contributed by atoms with Crippen LogP contribution < -0.4 is 5.32 Å². The van der Waals surface area contributed by atoms with Gasteiger partial charge in [-0.15, -0.1) is 6.42 Å². The standard InChI is InChI=1S/C7H13NO/c1-3-5-8-7(2)4-6-9/h1,7-9H,4-6H2,2H3. The molecular formula is C7H13NO. The minimum absolute atomic E-state index is 0.221. The third kappa shape index (κ3) is 5.35. The largest absolute Gasteiger partial charge is 0.396 e. The molecule has 0 spiro atoms. The van der Waals surface area contributed by atoms with Crippen LogP contribution in [0.2, 0.25) is 0 Å². The number of rotatable bonds is 4. The Kier molecular flexibility index (Phi) is 5.29. The number of terminal acetylenes is 1. The molecule has 52 valence electrons. The highest BCUT2D eigenvalue weighted by molar-refractivity contribution is 4.87. The average Bonchev–Trinajstić information content (AvgIpc) is 1.85. The lowest BCUT2D eigenvalue weighted by Crippen LogP contribution is -2.26. The summed E-state index contributed by atoms with van der Waals surface area (Å²) < 4.78 is 0. The molecule has 1 unspecified atom stereocenters. The fraction of sp³-hybridized carbons (Fsp3) is 0.714. The average molecular weight is 127 g/mol. The molecule has 2 heteroatoms. The predicted octanol–water partition coefficient (Wildman–Crippen LogP) is -0.0199. The molecule has 0 aromatic rings. The molecule has 0 aliphatic rings. The first-order valence-electron chi connectivity index (χ1n) is 3.09. The van der Waals surface area contributed by atoms with Gasteiger partial charge in [-0.3, -0.25) is 0 Å². The van der Waals surface area contributed by atoms with Gasteiger partial charge >= 0.3 is 0 Å². The third-order valence-corrected chi connectivity index (χ3v) is 1.11. The van der Waals surface area contributed by atoms with Gasteiger partial charge in [0.1, 0.15) is 0 Å². The zero-order valence-corrected chi connectivity index (χ0v) is 5.72. The predicted molar refractivity (Wildman–Crippen MR) is 38.0 cm³/mol. The fourth-order valence-electron chi connectivity index (χ4n) is 0.529. The molecule has 1 atom stereocenters. The van der Waals surface area contributed by atoms with E-state index in [9.17, 15) is 0 Å². The van der Waals surface area contributed by atoms with Crippen molar-refractivity contribution in [1.29, 1.82) is 0 Å². The molecule has 0 amide bonds. The van der Waals surface area contributed by atoms with Crippen molar-refractivity contribution in [2.45, 2.75) is 19.4 Å². The number of aliphatic hydroxyl groups is 1. The van der Waals surface area contributed by atoms with Crippen LogP contribution in [0.3, 0.4) is 0 Å². The van der Waals surface area contributed by atoms with Gasteiger partial charge in [0.15, 0.2) is 0 Å². The normalized spacial score (nSPS) is 12.6. The van der Waals surface area contributed by atoms with Gasteiger partial charge < -0.3 is 10.4 Å². The van der Waals surface area contributed by atoms with Crippen LogP contribution in [-0.2, 0) is 0 Å². The fourth-order valence-corrected chi connectivity index (χ4v) is 0.529. The molecular weight excluding hydrogens is 114 g/mol. The molecule has 0 fully saturated rings. The molecule has 0 bridgehead atoms. The van der Waals surface area contributed by atoms with Crippen molar-refractivity contribution >= 4 is 0 Å². The van der Waals surface area contributed by atoms with Gasteiger partial charge in [-0.2, -0.15) is 0 Å². The van der Waals surface area contributed by atoms with Gasteiger partial charge in [0.05, 0.1) is 6.54 Å². The summed E-state index contributed by atoms with van der Waals surface area (Å²) in [4.78, 5) is 0. The van der Waals surface area contributed by atoms with E-state index in [0.717, 1.165) is 6.42 Å². The van der Waals surface area contributed by atoms with Crippen LogP contribution in [0.4, 0.5) is 0 Å². The Labute approximate surface area is 56.3 Å².